The van der Waals surface area contributed by atoms with Crippen LogP contribution in [0.5, 0.6) is 11.5 Å². The molecule has 3 heterocycles. The van der Waals surface area contributed by atoms with E-state index in [2.05, 4.69) is 293 Å². The third-order valence-corrected chi connectivity index (χ3v) is 14.9. The SMILES string of the molecule is CC(C)(C)C1=CN(c2[c-]c(Oc3[c-]c4c(c(C(C)(C)C)c3)c3ccccc3n4-c3cc(C(C)(C)c4ccccc4)ccn3)cc(C(C)(C)c3ccccc3)c2)[CH-]N1c1cc(-c2ccccc2)cc(C(C)(C)C)c1.[Pt]. The molecule has 0 atom stereocenters. The van der Waals surface area contributed by atoms with Gasteiger partial charge >= 0.3 is 0 Å². The van der Waals surface area contributed by atoms with Crippen LogP contribution in [0.2, 0.25) is 0 Å². The van der Waals surface area contributed by atoms with Crippen molar-refractivity contribution in [1.29, 1.82) is 0 Å². The van der Waals surface area contributed by atoms with Crippen LogP contribution in [0.25, 0.3) is 38.8 Å². The Balaban J connectivity index is 0.00000672. The van der Waals surface area contributed by atoms with Crippen molar-refractivity contribution in [1.82, 2.24) is 9.55 Å². The summed E-state index contributed by atoms with van der Waals surface area (Å²) in [4.78, 5) is 9.68. The van der Waals surface area contributed by atoms with E-state index >= 15 is 0 Å². The predicted octanol–water partition coefficient (Wildman–Crippen LogP) is 17.8. The first kappa shape index (κ1) is 52.2. The zero-order valence-electron chi connectivity index (χ0n) is 45.3. The number of hydrogen-bond acceptors (Lipinski definition) is 4. The Morgan fingerprint density at radius 2 is 1.09 bits per heavy atom. The largest absolute Gasteiger partial charge is 0.509 e. The molecule has 1 aliphatic heterocycles. The smallest absolute Gasteiger partial charge is 0.135 e. The average Bonchev–Trinajstić information content (AvgIpc) is 3.98. The first-order valence-electron chi connectivity index (χ1n) is 25.8. The Hall–Kier alpha value is -6.68. The number of nitrogens with zero attached hydrogens (tertiary/aromatic N) is 4. The number of aromatic nitrogens is 2. The molecule has 9 aromatic rings. The maximum Gasteiger partial charge on any atom is 0.135 e. The fourth-order valence-corrected chi connectivity index (χ4v) is 10.3. The molecule has 5 nitrogen and oxygen atoms in total. The van der Waals surface area contributed by atoms with E-state index < -0.39 is 0 Å². The zero-order chi connectivity index (χ0) is 51.7. The molecule has 74 heavy (non-hydrogen) atoms. The topological polar surface area (TPSA) is 33.5 Å². The number of para-hydroxylation sites is 1. The van der Waals surface area contributed by atoms with Gasteiger partial charge in [-0.1, -0.05) is 216 Å². The van der Waals surface area contributed by atoms with Crippen molar-refractivity contribution in [3.63, 3.8) is 0 Å². The van der Waals surface area contributed by atoms with Crippen LogP contribution in [-0.4, -0.2) is 9.55 Å². The minimum absolute atomic E-state index is 0. The predicted molar refractivity (Wildman–Crippen MR) is 306 cm³/mol. The van der Waals surface area contributed by atoms with E-state index in [-0.39, 0.29) is 48.1 Å². The first-order valence-corrected chi connectivity index (χ1v) is 25.8. The molecule has 0 unspecified atom stereocenters. The molecule has 0 saturated carbocycles. The summed E-state index contributed by atoms with van der Waals surface area (Å²) in [5, 5.41) is 2.30. The molecule has 0 amide bonds. The van der Waals surface area contributed by atoms with Gasteiger partial charge in [-0.25, -0.2) is 4.98 Å². The summed E-state index contributed by atoms with van der Waals surface area (Å²) in [6.07, 6.45) is 4.21. The molecule has 10 rings (SSSR count). The number of fused-ring (bicyclic) bond motifs is 3. The molecule has 0 aliphatic carbocycles. The summed E-state index contributed by atoms with van der Waals surface area (Å²) in [5.41, 5.74) is 13.6. The number of rotatable bonds is 10. The van der Waals surface area contributed by atoms with Crippen molar-refractivity contribution in [2.75, 3.05) is 9.80 Å². The van der Waals surface area contributed by atoms with Crippen molar-refractivity contribution in [2.24, 2.45) is 5.41 Å². The van der Waals surface area contributed by atoms with Gasteiger partial charge in [-0.15, -0.1) is 53.8 Å². The molecule has 380 valence electrons. The molecule has 0 fully saturated rings. The number of benzene rings is 7. The molecule has 7 aromatic carbocycles. The Kier molecular flexibility index (Phi) is 13.8. The van der Waals surface area contributed by atoms with Crippen LogP contribution in [0.3, 0.4) is 0 Å². The molecule has 0 radical (unpaired) electrons. The van der Waals surface area contributed by atoms with Gasteiger partial charge in [-0.3, -0.25) is 0 Å². The number of allylic oxidation sites excluding steroid dienone is 1. The summed E-state index contributed by atoms with van der Waals surface area (Å²) in [6, 6.07) is 66.5. The molecule has 0 N–H and O–H groups in total. The zero-order valence-corrected chi connectivity index (χ0v) is 47.6. The summed E-state index contributed by atoms with van der Waals surface area (Å²) >= 11 is 0. The van der Waals surface area contributed by atoms with Gasteiger partial charge in [0, 0.05) is 66.5 Å². The van der Waals surface area contributed by atoms with Crippen LogP contribution in [0, 0.1) is 24.2 Å². The standard InChI is InChI=1S/C68H69N4O.Pt/c1-64(2,3)51-35-47(46-25-17-14-18-26-46)36-54(37-51)71-45-70(44-61(71)66(7,8)9)53-38-52(68(12,13)49-29-21-16-22-30-49)39-55(41-53)73-56-42-58(65(4,5)6)63-57-31-23-24-32-59(57)72(60(63)43-56)62-40-50(33-34-69-62)67(10,11)48-27-19-15-20-28-48;/h14-40,42,44-45H,1-13H3;/q-3;. The van der Waals surface area contributed by atoms with E-state index in [1.807, 2.05) is 6.20 Å². The molecule has 2 aromatic heterocycles. The van der Waals surface area contributed by atoms with Gasteiger partial charge < -0.3 is 19.1 Å². The van der Waals surface area contributed by atoms with Crippen molar-refractivity contribution in [2.45, 2.75) is 112 Å². The van der Waals surface area contributed by atoms with Crippen LogP contribution >= 0.6 is 0 Å². The van der Waals surface area contributed by atoms with Crippen molar-refractivity contribution in [3.05, 3.63) is 234 Å². The Bertz CT molecular complexity index is 3510. The molecule has 0 bridgehead atoms. The molecule has 6 heteroatoms. The van der Waals surface area contributed by atoms with Gasteiger partial charge in [0.15, 0.2) is 0 Å². The van der Waals surface area contributed by atoms with E-state index in [9.17, 15) is 0 Å². The molecular formula is C68H69N4OPt-3. The van der Waals surface area contributed by atoms with Crippen molar-refractivity contribution < 1.29 is 25.8 Å². The normalized spacial score (nSPS) is 13.6. The van der Waals surface area contributed by atoms with Gasteiger partial charge in [0.05, 0.1) is 0 Å². The average molecular weight is 1150 g/mol. The van der Waals surface area contributed by atoms with Crippen molar-refractivity contribution >= 4 is 33.2 Å². The number of ether oxygens (including phenoxy) is 1. The Morgan fingerprint density at radius 1 is 0.500 bits per heavy atom. The summed E-state index contributed by atoms with van der Waals surface area (Å²) in [7, 11) is 0. The second-order valence-electron chi connectivity index (χ2n) is 24.0. The maximum absolute atomic E-state index is 7.22. The number of pyridine rings is 1. The van der Waals surface area contributed by atoms with Crippen LogP contribution in [0.15, 0.2) is 182 Å². The van der Waals surface area contributed by atoms with E-state index in [1.54, 1.807) is 0 Å². The minimum Gasteiger partial charge on any atom is -0.509 e. The van der Waals surface area contributed by atoms with Crippen LogP contribution < -0.4 is 14.5 Å². The Labute approximate surface area is 455 Å². The monoisotopic (exact) mass is 1150 g/mol. The van der Waals surface area contributed by atoms with Crippen molar-refractivity contribution in [3.8, 4) is 28.4 Å². The first-order chi connectivity index (χ1) is 34.6. The number of anilines is 2. The van der Waals surface area contributed by atoms with Crippen LogP contribution in [0.4, 0.5) is 11.4 Å². The fraction of sp³-hybridized carbons (Fsp3) is 0.265. The quantitative estimate of drug-likeness (QED) is 0.128. The third kappa shape index (κ3) is 10.0. The second-order valence-corrected chi connectivity index (χ2v) is 24.0. The second kappa shape index (κ2) is 19.5. The summed E-state index contributed by atoms with van der Waals surface area (Å²) in [6.45, 7) is 31.9. The fourth-order valence-electron chi connectivity index (χ4n) is 10.3. The third-order valence-electron chi connectivity index (χ3n) is 14.9. The maximum atomic E-state index is 7.22. The molecule has 0 spiro atoms. The summed E-state index contributed by atoms with van der Waals surface area (Å²) < 4.78 is 9.49. The minimum atomic E-state index is -0.383. The van der Waals surface area contributed by atoms with Gasteiger partial charge in [0.1, 0.15) is 5.82 Å². The summed E-state index contributed by atoms with van der Waals surface area (Å²) in [5.74, 6) is 2.06. The molecule has 1 aliphatic rings. The van der Waals surface area contributed by atoms with E-state index in [1.165, 1.54) is 44.6 Å². The van der Waals surface area contributed by atoms with Crippen LogP contribution in [-0.2, 0) is 42.7 Å². The van der Waals surface area contributed by atoms with Gasteiger partial charge in [0.2, 0.25) is 0 Å². The van der Waals surface area contributed by atoms with E-state index in [0.717, 1.165) is 44.6 Å². The number of hydrogen-bond donors (Lipinski definition) is 0. The van der Waals surface area contributed by atoms with Gasteiger partial charge in [-0.05, 0) is 91.5 Å². The Morgan fingerprint density at radius 3 is 1.72 bits per heavy atom. The molecule has 0 saturated heterocycles. The van der Waals surface area contributed by atoms with Gasteiger partial charge in [-0.2, -0.15) is 0 Å². The molecular weight excluding hydrogens is 1080 g/mol. The van der Waals surface area contributed by atoms with E-state index in [0.29, 0.717) is 11.5 Å². The van der Waals surface area contributed by atoms with E-state index in [4.69, 9.17) is 9.72 Å². The van der Waals surface area contributed by atoms with Crippen LogP contribution in [0.1, 0.15) is 123 Å². The van der Waals surface area contributed by atoms with Gasteiger partial charge in [0.25, 0.3) is 0 Å².